The molecule has 0 bridgehead atoms. The third-order valence-electron chi connectivity index (χ3n) is 4.14. The van der Waals surface area contributed by atoms with E-state index >= 15 is 0 Å². The number of hydrogen-bond donors (Lipinski definition) is 1. The summed E-state index contributed by atoms with van der Waals surface area (Å²) >= 11 is 0. The van der Waals surface area contributed by atoms with Crippen LogP contribution in [-0.4, -0.2) is 35.0 Å². The summed E-state index contributed by atoms with van der Waals surface area (Å²) in [5.74, 6) is -1.76. The number of hydrogen-bond acceptors (Lipinski definition) is 2. The molecule has 1 aliphatic heterocycles. The van der Waals surface area contributed by atoms with Gasteiger partial charge in [-0.1, -0.05) is 12.1 Å². The van der Waals surface area contributed by atoms with E-state index in [0.29, 0.717) is 12.8 Å². The molecule has 1 amide bonds. The number of alkyl halides is 4. The molecule has 4 nitrogen and oxygen atoms in total. The molecular formula is C16H17F4NO3. The zero-order valence-corrected chi connectivity index (χ0v) is 12.7. The van der Waals surface area contributed by atoms with E-state index in [0.717, 1.165) is 24.3 Å². The van der Waals surface area contributed by atoms with Gasteiger partial charge < -0.3 is 10.0 Å². The van der Waals surface area contributed by atoms with Gasteiger partial charge in [0.05, 0.1) is 5.56 Å². The molecule has 1 N–H and O–H groups in total. The quantitative estimate of drug-likeness (QED) is 0.849. The highest BCUT2D eigenvalue weighted by Gasteiger charge is 2.32. The lowest BCUT2D eigenvalue weighted by molar-refractivity contribution is -0.140. The van der Waals surface area contributed by atoms with Crippen molar-refractivity contribution in [2.24, 2.45) is 5.92 Å². The van der Waals surface area contributed by atoms with Gasteiger partial charge in [0.25, 0.3) is 5.91 Å². The van der Waals surface area contributed by atoms with Crippen molar-refractivity contribution in [3.8, 4) is 0 Å². The number of carbonyl (C=O) groups excluding carboxylic acids is 1. The van der Waals surface area contributed by atoms with Gasteiger partial charge in [-0.15, -0.1) is 0 Å². The number of rotatable bonds is 4. The monoisotopic (exact) mass is 347 g/mol. The topological polar surface area (TPSA) is 57.6 Å². The molecule has 0 spiro atoms. The fourth-order valence-electron chi connectivity index (χ4n) is 2.75. The minimum absolute atomic E-state index is 0.0139. The van der Waals surface area contributed by atoms with Crippen molar-refractivity contribution in [3.63, 3.8) is 0 Å². The first kappa shape index (κ1) is 18.2. The maximum absolute atomic E-state index is 14.3. The Bertz CT molecular complexity index is 592. The van der Waals surface area contributed by atoms with Crippen molar-refractivity contribution < 1.29 is 32.3 Å². The predicted molar refractivity (Wildman–Crippen MR) is 76.8 cm³/mol. The van der Waals surface area contributed by atoms with Crippen LogP contribution in [0.25, 0.3) is 0 Å². The Kier molecular flexibility index (Phi) is 5.46. The standard InChI is InChI=1S/C16H17F4NO3/c17-14(11-1-3-12(4-2-11)16(18,19)20)15(24)21-7-5-10(6-8-21)9-13(22)23/h1-4,10,14H,5-9H2,(H,22,23). The Labute approximate surface area is 136 Å². The first-order valence-electron chi connectivity index (χ1n) is 7.50. The fraction of sp³-hybridized carbons (Fsp3) is 0.500. The summed E-state index contributed by atoms with van der Waals surface area (Å²) in [6, 6.07) is 3.41. The third-order valence-corrected chi connectivity index (χ3v) is 4.14. The number of carbonyl (C=O) groups is 2. The van der Waals surface area contributed by atoms with Gasteiger partial charge in [0.15, 0.2) is 0 Å². The summed E-state index contributed by atoms with van der Waals surface area (Å²) in [6.07, 6.45) is -5.58. The van der Waals surface area contributed by atoms with E-state index in [1.54, 1.807) is 0 Å². The van der Waals surface area contributed by atoms with Gasteiger partial charge in [-0.05, 0) is 36.5 Å². The van der Waals surface area contributed by atoms with Crippen molar-refractivity contribution in [1.82, 2.24) is 4.90 Å². The second-order valence-corrected chi connectivity index (χ2v) is 5.85. The number of nitrogens with zero attached hydrogens (tertiary/aromatic N) is 1. The molecule has 2 rings (SSSR count). The fourth-order valence-corrected chi connectivity index (χ4v) is 2.75. The lowest BCUT2D eigenvalue weighted by Crippen LogP contribution is -2.40. The van der Waals surface area contributed by atoms with Gasteiger partial charge in [-0.25, -0.2) is 4.39 Å². The summed E-state index contributed by atoms with van der Waals surface area (Å²) in [5, 5.41) is 8.74. The molecular weight excluding hydrogens is 330 g/mol. The molecule has 0 saturated carbocycles. The largest absolute Gasteiger partial charge is 0.481 e. The second-order valence-electron chi connectivity index (χ2n) is 5.85. The molecule has 1 saturated heterocycles. The van der Waals surface area contributed by atoms with Crippen molar-refractivity contribution >= 4 is 11.9 Å². The molecule has 0 aromatic heterocycles. The van der Waals surface area contributed by atoms with Crippen LogP contribution in [0.5, 0.6) is 0 Å². The van der Waals surface area contributed by atoms with E-state index in [1.165, 1.54) is 4.90 Å². The minimum atomic E-state index is -4.51. The number of benzene rings is 1. The summed E-state index contributed by atoms with van der Waals surface area (Å²) < 4.78 is 51.7. The van der Waals surface area contributed by atoms with Crippen LogP contribution in [0, 0.1) is 5.92 Å². The van der Waals surface area contributed by atoms with Crippen molar-refractivity contribution in [2.75, 3.05) is 13.1 Å². The highest BCUT2D eigenvalue weighted by molar-refractivity contribution is 5.82. The number of carboxylic acids is 1. The molecule has 24 heavy (non-hydrogen) atoms. The maximum atomic E-state index is 14.3. The highest BCUT2D eigenvalue weighted by atomic mass is 19.4. The minimum Gasteiger partial charge on any atom is -0.481 e. The van der Waals surface area contributed by atoms with Crippen LogP contribution in [0.1, 0.15) is 36.6 Å². The molecule has 1 aliphatic rings. The molecule has 1 aromatic carbocycles. The Balaban J connectivity index is 1.96. The Morgan fingerprint density at radius 1 is 1.17 bits per heavy atom. The Morgan fingerprint density at radius 3 is 2.17 bits per heavy atom. The zero-order valence-electron chi connectivity index (χ0n) is 12.7. The van der Waals surface area contributed by atoms with E-state index in [1.807, 2.05) is 0 Å². The predicted octanol–water partition coefficient (Wildman–Crippen LogP) is 3.43. The van der Waals surface area contributed by atoms with Gasteiger partial charge in [0, 0.05) is 19.5 Å². The van der Waals surface area contributed by atoms with Crippen molar-refractivity contribution in [2.45, 2.75) is 31.6 Å². The number of aliphatic carboxylic acids is 1. The first-order valence-corrected chi connectivity index (χ1v) is 7.50. The van der Waals surface area contributed by atoms with E-state index in [9.17, 15) is 27.2 Å². The average Bonchev–Trinajstić information content (AvgIpc) is 2.53. The lowest BCUT2D eigenvalue weighted by atomic mass is 9.93. The van der Waals surface area contributed by atoms with Gasteiger partial charge >= 0.3 is 12.1 Å². The van der Waals surface area contributed by atoms with Crippen molar-refractivity contribution in [1.29, 1.82) is 0 Å². The summed E-state index contributed by atoms with van der Waals surface area (Å²) in [7, 11) is 0. The Hall–Kier alpha value is -2.12. The van der Waals surface area contributed by atoms with Crippen LogP contribution in [0.4, 0.5) is 17.6 Å². The SMILES string of the molecule is O=C(O)CC1CCN(C(=O)C(F)c2ccc(C(F)(F)F)cc2)CC1. The summed E-state index contributed by atoms with van der Waals surface area (Å²) in [6.45, 7) is 0.496. The van der Waals surface area contributed by atoms with E-state index in [2.05, 4.69) is 0 Å². The lowest BCUT2D eigenvalue weighted by Gasteiger charge is -2.32. The number of amides is 1. The summed E-state index contributed by atoms with van der Waals surface area (Å²) in [4.78, 5) is 24.1. The van der Waals surface area contributed by atoms with Crippen LogP contribution in [0.2, 0.25) is 0 Å². The molecule has 1 unspecified atom stereocenters. The van der Waals surface area contributed by atoms with Crippen LogP contribution >= 0.6 is 0 Å². The van der Waals surface area contributed by atoms with Gasteiger partial charge in [0.2, 0.25) is 6.17 Å². The van der Waals surface area contributed by atoms with Crippen LogP contribution < -0.4 is 0 Å². The van der Waals surface area contributed by atoms with E-state index in [-0.39, 0.29) is 31.0 Å². The van der Waals surface area contributed by atoms with E-state index in [4.69, 9.17) is 5.11 Å². The number of halogens is 4. The van der Waals surface area contributed by atoms with E-state index < -0.39 is 29.8 Å². The molecule has 8 heteroatoms. The first-order chi connectivity index (χ1) is 11.2. The number of carboxylic acid groups (broad SMARTS) is 1. The Morgan fingerprint density at radius 2 is 1.71 bits per heavy atom. The summed E-state index contributed by atoms with van der Waals surface area (Å²) in [5.41, 5.74) is -1.03. The number of piperidine rings is 1. The zero-order chi connectivity index (χ0) is 17.9. The number of likely N-dealkylation sites (tertiary alicyclic amines) is 1. The van der Waals surface area contributed by atoms with Crippen LogP contribution in [0.15, 0.2) is 24.3 Å². The smallest absolute Gasteiger partial charge is 0.416 e. The van der Waals surface area contributed by atoms with Gasteiger partial charge in [-0.3, -0.25) is 9.59 Å². The van der Waals surface area contributed by atoms with Crippen LogP contribution in [0.3, 0.4) is 0 Å². The molecule has 1 heterocycles. The molecule has 0 aliphatic carbocycles. The van der Waals surface area contributed by atoms with Gasteiger partial charge in [0.1, 0.15) is 0 Å². The third kappa shape index (κ3) is 4.46. The highest BCUT2D eigenvalue weighted by Crippen LogP contribution is 2.31. The normalized spacial score (nSPS) is 17.6. The maximum Gasteiger partial charge on any atom is 0.416 e. The van der Waals surface area contributed by atoms with Crippen LogP contribution in [-0.2, 0) is 15.8 Å². The molecule has 1 fully saturated rings. The van der Waals surface area contributed by atoms with Gasteiger partial charge in [-0.2, -0.15) is 13.2 Å². The molecule has 1 atom stereocenters. The molecule has 1 aromatic rings. The van der Waals surface area contributed by atoms with Crippen molar-refractivity contribution in [3.05, 3.63) is 35.4 Å². The molecule has 132 valence electrons. The second kappa shape index (κ2) is 7.19. The molecule has 0 radical (unpaired) electrons. The average molecular weight is 347 g/mol.